The number of nitrogens with two attached hydrogens (primary N) is 1. The summed E-state index contributed by atoms with van der Waals surface area (Å²) in [7, 11) is 0. The molecule has 3 N–H and O–H groups in total. The fourth-order valence-corrected chi connectivity index (χ4v) is 2.83. The number of fused-ring (bicyclic) bond motifs is 1. The van der Waals surface area contributed by atoms with Crippen LogP contribution in [0.5, 0.6) is 0 Å². The van der Waals surface area contributed by atoms with Crippen molar-refractivity contribution in [3.8, 4) is 0 Å². The molecule has 0 radical (unpaired) electrons. The second kappa shape index (κ2) is 6.39. The molecule has 0 saturated carbocycles. The molecule has 0 amide bonds. The quantitative estimate of drug-likeness (QED) is 0.790. The average Bonchev–Trinajstić information content (AvgIpc) is 2.71. The number of halogens is 1. The van der Waals surface area contributed by atoms with E-state index in [4.69, 9.17) is 5.73 Å². The summed E-state index contributed by atoms with van der Waals surface area (Å²) < 4.78 is 2.57. The molecule has 1 atom stereocenters. The van der Waals surface area contributed by atoms with Crippen molar-refractivity contribution in [1.82, 2.24) is 19.5 Å². The molecule has 7 heteroatoms. The molecule has 0 saturated heterocycles. The highest BCUT2D eigenvalue weighted by Crippen LogP contribution is 2.22. The summed E-state index contributed by atoms with van der Waals surface area (Å²) >= 11 is 3.41. The largest absolute Gasteiger partial charge is 0.369 e. The van der Waals surface area contributed by atoms with Crippen LogP contribution in [0.25, 0.3) is 11.2 Å². The van der Waals surface area contributed by atoms with Gasteiger partial charge in [-0.25, -0.2) is 4.98 Å². The summed E-state index contributed by atoms with van der Waals surface area (Å²) in [6.07, 6.45) is 4.65. The van der Waals surface area contributed by atoms with Crippen molar-refractivity contribution in [2.45, 2.75) is 46.1 Å². The maximum Gasteiger partial charge on any atom is 0.280 e. The highest BCUT2D eigenvalue weighted by molar-refractivity contribution is 9.10. The third-order valence-electron chi connectivity index (χ3n) is 3.56. The van der Waals surface area contributed by atoms with Crippen LogP contribution in [-0.2, 0) is 6.54 Å². The second-order valence-electron chi connectivity index (χ2n) is 5.03. The minimum Gasteiger partial charge on any atom is -0.369 e. The number of H-pyrrole nitrogens is 1. The van der Waals surface area contributed by atoms with E-state index in [1.807, 2.05) is 4.57 Å². The summed E-state index contributed by atoms with van der Waals surface area (Å²) in [5.74, 6) is 0.670. The van der Waals surface area contributed by atoms with E-state index in [2.05, 4.69) is 44.7 Å². The van der Waals surface area contributed by atoms with Crippen molar-refractivity contribution in [2.75, 3.05) is 5.73 Å². The highest BCUT2D eigenvalue weighted by Gasteiger charge is 2.16. The summed E-state index contributed by atoms with van der Waals surface area (Å²) in [5.41, 5.74) is 6.20. The maximum atomic E-state index is 11.8. The van der Waals surface area contributed by atoms with Crippen molar-refractivity contribution in [2.24, 2.45) is 5.92 Å². The number of nitrogens with one attached hydrogen (secondary N) is 1. The van der Waals surface area contributed by atoms with Crippen LogP contribution < -0.4 is 11.3 Å². The van der Waals surface area contributed by atoms with Crippen molar-refractivity contribution in [3.05, 3.63) is 15.1 Å². The summed E-state index contributed by atoms with van der Waals surface area (Å²) in [5, 5.41) is 0. The lowest BCUT2D eigenvalue weighted by molar-refractivity contribution is 0.391. The minimum absolute atomic E-state index is 0.123. The number of aromatic nitrogens is 4. The van der Waals surface area contributed by atoms with Gasteiger partial charge in [-0.05, 0) is 28.3 Å². The first-order valence-electron chi connectivity index (χ1n) is 6.98. The van der Waals surface area contributed by atoms with Gasteiger partial charge in [0.25, 0.3) is 5.56 Å². The van der Waals surface area contributed by atoms with E-state index < -0.39 is 0 Å². The van der Waals surface area contributed by atoms with Gasteiger partial charge in [-0.3, -0.25) is 9.78 Å². The SMILES string of the molecule is CCCCC(CC)Cn1c(Br)nc2c(=O)[nH]c(N)nc21. The average molecular weight is 342 g/mol. The van der Waals surface area contributed by atoms with Crippen LogP contribution in [0.1, 0.15) is 39.5 Å². The zero-order valence-corrected chi connectivity index (χ0v) is 13.4. The lowest BCUT2D eigenvalue weighted by Gasteiger charge is -2.16. The van der Waals surface area contributed by atoms with Gasteiger partial charge in [0.1, 0.15) is 0 Å². The lowest BCUT2D eigenvalue weighted by atomic mass is 9.99. The molecule has 6 nitrogen and oxygen atoms in total. The number of nitrogen functional groups attached to an aromatic ring is 1. The summed E-state index contributed by atoms with van der Waals surface area (Å²) in [4.78, 5) is 22.7. The molecule has 2 rings (SSSR count). The number of rotatable bonds is 6. The highest BCUT2D eigenvalue weighted by atomic mass is 79.9. The van der Waals surface area contributed by atoms with E-state index in [9.17, 15) is 4.79 Å². The second-order valence-corrected chi connectivity index (χ2v) is 5.74. The number of hydrogen-bond acceptors (Lipinski definition) is 4. The summed E-state index contributed by atoms with van der Waals surface area (Å²) in [6.45, 7) is 5.17. The number of aromatic amines is 1. The van der Waals surface area contributed by atoms with Crippen LogP contribution in [0.15, 0.2) is 9.53 Å². The number of imidazole rings is 1. The number of unbranched alkanes of at least 4 members (excludes halogenated alkanes) is 1. The number of nitrogens with zero attached hydrogens (tertiary/aromatic N) is 3. The Morgan fingerprint density at radius 2 is 2.15 bits per heavy atom. The minimum atomic E-state index is -0.298. The topological polar surface area (TPSA) is 89.6 Å². The molecule has 20 heavy (non-hydrogen) atoms. The predicted molar refractivity (Wildman–Crippen MR) is 83.6 cm³/mol. The molecular formula is C13H20BrN5O. The Hall–Kier alpha value is -1.37. The smallest absolute Gasteiger partial charge is 0.280 e. The maximum absolute atomic E-state index is 11.8. The Morgan fingerprint density at radius 1 is 1.40 bits per heavy atom. The molecule has 2 aromatic heterocycles. The van der Waals surface area contributed by atoms with Gasteiger partial charge in [-0.1, -0.05) is 33.1 Å². The van der Waals surface area contributed by atoms with Crippen LogP contribution in [0.2, 0.25) is 0 Å². The van der Waals surface area contributed by atoms with E-state index in [-0.39, 0.29) is 11.5 Å². The van der Waals surface area contributed by atoms with E-state index in [1.165, 1.54) is 12.8 Å². The third-order valence-corrected chi connectivity index (χ3v) is 4.17. The van der Waals surface area contributed by atoms with Crippen molar-refractivity contribution >= 4 is 33.0 Å². The van der Waals surface area contributed by atoms with Gasteiger partial charge >= 0.3 is 0 Å². The molecule has 1 unspecified atom stereocenters. The van der Waals surface area contributed by atoms with Crippen LogP contribution in [-0.4, -0.2) is 19.5 Å². The van der Waals surface area contributed by atoms with Crippen molar-refractivity contribution in [1.29, 1.82) is 0 Å². The molecule has 110 valence electrons. The molecule has 0 aromatic carbocycles. The van der Waals surface area contributed by atoms with Gasteiger partial charge in [-0.15, -0.1) is 0 Å². The first-order chi connectivity index (χ1) is 9.56. The number of anilines is 1. The Kier molecular flexibility index (Phi) is 4.80. The van der Waals surface area contributed by atoms with Gasteiger partial charge in [-0.2, -0.15) is 4.98 Å². The third kappa shape index (κ3) is 3.03. The first-order valence-corrected chi connectivity index (χ1v) is 7.77. The Balaban J connectivity index is 2.38. The van der Waals surface area contributed by atoms with Gasteiger partial charge in [0, 0.05) is 6.54 Å². The Morgan fingerprint density at radius 3 is 2.80 bits per heavy atom. The van der Waals surface area contributed by atoms with Crippen LogP contribution >= 0.6 is 15.9 Å². The molecule has 0 spiro atoms. The Bertz CT molecular complexity index is 648. The van der Waals surface area contributed by atoms with Gasteiger partial charge in [0.05, 0.1) is 0 Å². The molecular weight excluding hydrogens is 322 g/mol. The molecule has 0 aliphatic heterocycles. The van der Waals surface area contributed by atoms with Crippen molar-refractivity contribution < 1.29 is 0 Å². The molecule has 0 aliphatic rings. The lowest BCUT2D eigenvalue weighted by Crippen LogP contribution is -2.14. The predicted octanol–water partition coefficient (Wildman–Crippen LogP) is 2.68. The van der Waals surface area contributed by atoms with Crippen LogP contribution in [0.3, 0.4) is 0 Å². The fourth-order valence-electron chi connectivity index (χ4n) is 2.34. The Labute approximate surface area is 125 Å². The summed E-state index contributed by atoms with van der Waals surface area (Å²) in [6, 6.07) is 0. The van der Waals surface area contributed by atoms with E-state index in [1.54, 1.807) is 0 Å². The molecule has 0 aliphatic carbocycles. The standard InChI is InChI=1S/C13H20BrN5O/c1-3-5-6-8(4-2)7-19-10-9(16-12(19)14)11(20)18-13(15)17-10/h8H,3-7H2,1-2H3,(H3,15,17,18,20). The molecule has 2 heterocycles. The van der Waals surface area contributed by atoms with Crippen LogP contribution in [0, 0.1) is 5.92 Å². The number of hydrogen-bond donors (Lipinski definition) is 2. The van der Waals surface area contributed by atoms with Crippen molar-refractivity contribution in [3.63, 3.8) is 0 Å². The van der Waals surface area contributed by atoms with Gasteiger partial charge in [0.15, 0.2) is 15.9 Å². The molecule has 0 bridgehead atoms. The van der Waals surface area contributed by atoms with Crippen LogP contribution in [0.4, 0.5) is 5.95 Å². The van der Waals surface area contributed by atoms with Gasteiger partial charge in [0.2, 0.25) is 5.95 Å². The van der Waals surface area contributed by atoms with E-state index in [0.717, 1.165) is 19.4 Å². The first kappa shape index (κ1) is 15.0. The zero-order chi connectivity index (χ0) is 14.7. The molecule has 0 fully saturated rings. The normalized spacial score (nSPS) is 12.9. The van der Waals surface area contributed by atoms with E-state index >= 15 is 0 Å². The molecule has 2 aromatic rings. The van der Waals surface area contributed by atoms with Gasteiger partial charge < -0.3 is 10.3 Å². The fraction of sp³-hybridized carbons (Fsp3) is 0.615. The van der Waals surface area contributed by atoms with E-state index in [0.29, 0.717) is 21.8 Å². The zero-order valence-electron chi connectivity index (χ0n) is 11.8. The monoisotopic (exact) mass is 341 g/mol.